The first-order valence-corrected chi connectivity index (χ1v) is 14.1. The van der Waals surface area contributed by atoms with Crippen LogP contribution in [0.3, 0.4) is 0 Å². The molecule has 0 saturated heterocycles. The topological polar surface area (TPSA) is 54.5 Å². The maximum atomic E-state index is 10.5. The fourth-order valence-electron chi connectivity index (χ4n) is 3.31. The van der Waals surface area contributed by atoms with Crippen LogP contribution in [-0.4, -0.2) is 31.1 Å². The SMILES string of the molecule is CC(C)(C)[Si](C)(C)OC[C@@H](O)CCc1c[nH]c2ccc(COCc3ccccc3)cc12. The first-order valence-electron chi connectivity index (χ1n) is 11.2. The van der Waals surface area contributed by atoms with E-state index in [4.69, 9.17) is 9.16 Å². The Kier molecular flexibility index (Phi) is 7.76. The molecule has 0 bridgehead atoms. The molecular weight excluding hydrogens is 402 g/mol. The fraction of sp³-hybridized carbons (Fsp3) is 0.462. The molecule has 0 unspecified atom stereocenters. The van der Waals surface area contributed by atoms with Gasteiger partial charge in [-0.15, -0.1) is 0 Å². The van der Waals surface area contributed by atoms with E-state index in [-0.39, 0.29) is 5.04 Å². The third-order valence-electron chi connectivity index (χ3n) is 6.40. The number of H-pyrrole nitrogens is 1. The monoisotopic (exact) mass is 439 g/mol. The van der Waals surface area contributed by atoms with Gasteiger partial charge in [-0.3, -0.25) is 0 Å². The summed E-state index contributed by atoms with van der Waals surface area (Å²) in [7, 11) is -1.83. The van der Waals surface area contributed by atoms with Crippen molar-refractivity contribution in [2.45, 2.75) is 71.1 Å². The lowest BCUT2D eigenvalue weighted by atomic mass is 10.0. The molecule has 3 rings (SSSR count). The molecule has 3 aromatic rings. The summed E-state index contributed by atoms with van der Waals surface area (Å²) < 4.78 is 12.1. The number of hydrogen-bond acceptors (Lipinski definition) is 3. The Hall–Kier alpha value is -1.92. The van der Waals surface area contributed by atoms with Crippen molar-refractivity contribution in [2.75, 3.05) is 6.61 Å². The molecule has 31 heavy (non-hydrogen) atoms. The predicted octanol–water partition coefficient (Wildman–Crippen LogP) is 6.20. The van der Waals surface area contributed by atoms with Crippen LogP contribution in [-0.2, 0) is 28.8 Å². The van der Waals surface area contributed by atoms with Crippen LogP contribution < -0.4 is 0 Å². The molecule has 0 fully saturated rings. The molecule has 1 heterocycles. The number of ether oxygens (including phenoxy) is 1. The highest BCUT2D eigenvalue weighted by molar-refractivity contribution is 6.74. The average molecular weight is 440 g/mol. The Labute approximate surface area is 187 Å². The summed E-state index contributed by atoms with van der Waals surface area (Å²) in [5.74, 6) is 0. The standard InChI is InChI=1S/C26H37NO3Si/c1-26(2,3)31(4,5)30-19-23(28)13-12-22-16-27-25-14-11-21(15-24(22)25)18-29-17-20-9-7-6-8-10-20/h6-11,14-16,23,27-28H,12-13,17-19H2,1-5H3/t23-/m0/s1. The van der Waals surface area contributed by atoms with E-state index < -0.39 is 14.4 Å². The number of aromatic amines is 1. The number of aryl methyl sites for hydroxylation is 1. The van der Waals surface area contributed by atoms with Gasteiger partial charge in [0.25, 0.3) is 0 Å². The van der Waals surface area contributed by atoms with E-state index in [1.165, 1.54) is 16.5 Å². The second-order valence-corrected chi connectivity index (χ2v) is 14.7. The molecule has 0 aliphatic heterocycles. The molecule has 2 N–H and O–H groups in total. The van der Waals surface area contributed by atoms with Crippen molar-refractivity contribution in [3.63, 3.8) is 0 Å². The summed E-state index contributed by atoms with van der Waals surface area (Å²) in [5.41, 5.74) is 4.69. The third-order valence-corrected chi connectivity index (χ3v) is 10.9. The molecule has 0 saturated carbocycles. The van der Waals surface area contributed by atoms with Gasteiger partial charge in [0.1, 0.15) is 0 Å². The van der Waals surface area contributed by atoms with E-state index in [1.54, 1.807) is 0 Å². The summed E-state index contributed by atoms with van der Waals surface area (Å²) in [6.07, 6.45) is 3.12. The van der Waals surface area contributed by atoms with Gasteiger partial charge in [0.15, 0.2) is 8.32 Å². The van der Waals surface area contributed by atoms with Crippen molar-refractivity contribution in [2.24, 2.45) is 0 Å². The summed E-state index contributed by atoms with van der Waals surface area (Å²) in [5, 5.41) is 11.9. The second kappa shape index (κ2) is 10.1. The van der Waals surface area contributed by atoms with Crippen LogP contribution in [0.2, 0.25) is 18.1 Å². The van der Waals surface area contributed by atoms with Gasteiger partial charge in [0, 0.05) is 17.1 Å². The van der Waals surface area contributed by atoms with Crippen molar-refractivity contribution >= 4 is 19.2 Å². The number of aliphatic hydroxyl groups is 1. The summed E-state index contributed by atoms with van der Waals surface area (Å²) in [6.45, 7) is 12.7. The number of nitrogens with one attached hydrogen (secondary N) is 1. The highest BCUT2D eigenvalue weighted by atomic mass is 28.4. The van der Waals surface area contributed by atoms with Gasteiger partial charge < -0.3 is 19.3 Å². The van der Waals surface area contributed by atoms with E-state index in [0.29, 0.717) is 26.2 Å². The van der Waals surface area contributed by atoms with E-state index in [9.17, 15) is 5.11 Å². The number of rotatable bonds is 10. The van der Waals surface area contributed by atoms with Crippen LogP contribution in [0, 0.1) is 0 Å². The average Bonchev–Trinajstić information content (AvgIpc) is 3.13. The highest BCUT2D eigenvalue weighted by Gasteiger charge is 2.37. The van der Waals surface area contributed by atoms with Gasteiger partial charge in [0.2, 0.25) is 0 Å². The van der Waals surface area contributed by atoms with Gasteiger partial charge in [0.05, 0.1) is 25.9 Å². The van der Waals surface area contributed by atoms with Crippen LogP contribution in [0.25, 0.3) is 10.9 Å². The second-order valence-electron chi connectivity index (χ2n) is 9.94. The van der Waals surface area contributed by atoms with Gasteiger partial charge in [-0.05, 0) is 59.8 Å². The Morgan fingerprint density at radius 2 is 1.71 bits per heavy atom. The maximum Gasteiger partial charge on any atom is 0.192 e. The number of benzene rings is 2. The van der Waals surface area contributed by atoms with Crippen molar-refractivity contribution < 1.29 is 14.3 Å². The van der Waals surface area contributed by atoms with Crippen molar-refractivity contribution in [1.29, 1.82) is 0 Å². The first kappa shape index (κ1) is 23.7. The van der Waals surface area contributed by atoms with Crippen molar-refractivity contribution in [3.8, 4) is 0 Å². The van der Waals surface area contributed by atoms with Crippen LogP contribution in [0.5, 0.6) is 0 Å². The smallest absolute Gasteiger partial charge is 0.192 e. The summed E-state index contributed by atoms with van der Waals surface area (Å²) in [6, 6.07) is 16.6. The molecule has 0 aliphatic rings. The lowest BCUT2D eigenvalue weighted by Crippen LogP contribution is -2.42. The Morgan fingerprint density at radius 3 is 2.42 bits per heavy atom. The minimum Gasteiger partial charge on any atom is -0.414 e. The predicted molar refractivity (Wildman–Crippen MR) is 131 cm³/mol. The van der Waals surface area contributed by atoms with Gasteiger partial charge in [-0.2, -0.15) is 0 Å². The lowest BCUT2D eigenvalue weighted by molar-refractivity contribution is 0.0932. The van der Waals surface area contributed by atoms with Gasteiger partial charge in [-0.1, -0.05) is 57.2 Å². The maximum absolute atomic E-state index is 10.5. The van der Waals surface area contributed by atoms with Crippen LogP contribution in [0.1, 0.15) is 43.9 Å². The van der Waals surface area contributed by atoms with Gasteiger partial charge >= 0.3 is 0 Å². The van der Waals surface area contributed by atoms with E-state index in [0.717, 1.165) is 17.5 Å². The highest BCUT2D eigenvalue weighted by Crippen LogP contribution is 2.36. The minimum atomic E-state index is -1.83. The minimum absolute atomic E-state index is 0.155. The Bertz CT molecular complexity index is 960. The van der Waals surface area contributed by atoms with Crippen molar-refractivity contribution in [3.05, 3.63) is 71.4 Å². The molecule has 4 nitrogen and oxygen atoms in total. The molecule has 0 radical (unpaired) electrons. The number of fused-ring (bicyclic) bond motifs is 1. The van der Waals surface area contributed by atoms with Crippen molar-refractivity contribution in [1.82, 2.24) is 4.98 Å². The Balaban J connectivity index is 1.54. The molecule has 5 heteroatoms. The third kappa shape index (κ3) is 6.53. The zero-order valence-corrected chi connectivity index (χ0v) is 20.6. The zero-order chi connectivity index (χ0) is 22.5. The molecule has 1 aromatic heterocycles. The molecule has 0 amide bonds. The molecular formula is C26H37NO3Si. The van der Waals surface area contributed by atoms with Crippen LogP contribution in [0.4, 0.5) is 0 Å². The summed E-state index contributed by atoms with van der Waals surface area (Å²) >= 11 is 0. The number of hydrogen-bond donors (Lipinski definition) is 2. The van der Waals surface area contributed by atoms with E-state index in [2.05, 4.69) is 75.4 Å². The number of aliphatic hydroxyl groups excluding tert-OH is 1. The first-order chi connectivity index (χ1) is 14.7. The molecule has 0 aliphatic carbocycles. The fourth-order valence-corrected chi connectivity index (χ4v) is 4.35. The number of aromatic nitrogens is 1. The normalized spacial score (nSPS) is 13.6. The van der Waals surface area contributed by atoms with Crippen LogP contribution >= 0.6 is 0 Å². The quantitative estimate of drug-likeness (QED) is 0.370. The Morgan fingerprint density at radius 1 is 1.00 bits per heavy atom. The molecule has 0 spiro atoms. The van der Waals surface area contributed by atoms with Crippen LogP contribution in [0.15, 0.2) is 54.7 Å². The molecule has 168 valence electrons. The lowest BCUT2D eigenvalue weighted by Gasteiger charge is -2.36. The van der Waals surface area contributed by atoms with Gasteiger partial charge in [-0.25, -0.2) is 0 Å². The largest absolute Gasteiger partial charge is 0.414 e. The van der Waals surface area contributed by atoms with E-state index in [1.807, 2.05) is 18.2 Å². The van der Waals surface area contributed by atoms with E-state index >= 15 is 0 Å². The zero-order valence-electron chi connectivity index (χ0n) is 19.6. The molecule has 2 aromatic carbocycles. The summed E-state index contributed by atoms with van der Waals surface area (Å²) in [4.78, 5) is 3.35. The molecule has 1 atom stereocenters.